The summed E-state index contributed by atoms with van der Waals surface area (Å²) in [5.41, 5.74) is 0. The molecule has 0 unspecified atom stereocenters. The van der Waals surface area contributed by atoms with Crippen molar-refractivity contribution in [3.05, 3.63) is 12.2 Å². The summed E-state index contributed by atoms with van der Waals surface area (Å²) in [7, 11) is 0. The molecule has 164 valence electrons. The van der Waals surface area contributed by atoms with Crippen LogP contribution in [0.1, 0.15) is 104 Å². The Labute approximate surface area is 171 Å². The van der Waals surface area contributed by atoms with Crippen LogP contribution in [0.15, 0.2) is 12.2 Å². The van der Waals surface area contributed by atoms with E-state index < -0.39 is 12.1 Å². The van der Waals surface area contributed by atoms with Gasteiger partial charge in [0.25, 0.3) is 0 Å². The van der Waals surface area contributed by atoms with Crippen LogP contribution < -0.4 is 0 Å². The fraction of sp³-hybridized carbons (Fsp3) is 0.826. The Kier molecular flexibility index (Phi) is 19.4. The van der Waals surface area contributed by atoms with E-state index in [1.807, 2.05) is 0 Å². The molecule has 0 saturated carbocycles. The maximum atomic E-state index is 11.7. The van der Waals surface area contributed by atoms with Gasteiger partial charge in [0.05, 0.1) is 6.61 Å². The number of carbonyl (C=O) groups excluding carboxylic acids is 2. The van der Waals surface area contributed by atoms with E-state index in [9.17, 15) is 9.59 Å². The molecule has 0 fully saturated rings. The summed E-state index contributed by atoms with van der Waals surface area (Å²) in [6, 6.07) is 0. The predicted octanol–water partition coefficient (Wildman–Crippen LogP) is 5.49. The summed E-state index contributed by atoms with van der Waals surface area (Å²) < 4.78 is 9.84. The first-order chi connectivity index (χ1) is 13.6. The second kappa shape index (κ2) is 20.4. The van der Waals surface area contributed by atoms with Gasteiger partial charge < -0.3 is 14.6 Å². The second-order valence-corrected chi connectivity index (χ2v) is 7.43. The maximum Gasteiger partial charge on any atom is 0.306 e. The van der Waals surface area contributed by atoms with Crippen LogP contribution in [0.25, 0.3) is 0 Å². The average molecular weight is 399 g/mol. The van der Waals surface area contributed by atoms with E-state index in [2.05, 4.69) is 19.1 Å². The highest BCUT2D eigenvalue weighted by Crippen LogP contribution is 2.10. The Hall–Kier alpha value is -1.36. The van der Waals surface area contributed by atoms with Crippen molar-refractivity contribution in [2.75, 3.05) is 13.2 Å². The molecule has 0 aliphatic heterocycles. The smallest absolute Gasteiger partial charge is 0.306 e. The van der Waals surface area contributed by atoms with Crippen molar-refractivity contribution in [3.63, 3.8) is 0 Å². The fourth-order valence-corrected chi connectivity index (χ4v) is 2.92. The molecular weight excluding hydrogens is 356 g/mol. The van der Waals surface area contributed by atoms with Crippen LogP contribution in [0.3, 0.4) is 0 Å². The first kappa shape index (κ1) is 26.6. The first-order valence-corrected chi connectivity index (χ1v) is 11.2. The van der Waals surface area contributed by atoms with Gasteiger partial charge in [0.1, 0.15) is 6.61 Å². The van der Waals surface area contributed by atoms with Crippen molar-refractivity contribution in [2.45, 2.75) is 110 Å². The maximum absolute atomic E-state index is 11.7. The Bertz CT molecular complexity index is 406. The minimum Gasteiger partial charge on any atom is -0.462 e. The van der Waals surface area contributed by atoms with Gasteiger partial charge in [-0.25, -0.2) is 0 Å². The van der Waals surface area contributed by atoms with E-state index in [0.717, 1.165) is 25.7 Å². The first-order valence-electron chi connectivity index (χ1n) is 11.2. The Morgan fingerprint density at radius 2 is 1.39 bits per heavy atom. The molecule has 5 heteroatoms. The van der Waals surface area contributed by atoms with E-state index in [1.165, 1.54) is 64.7 Å². The average Bonchev–Trinajstić information content (AvgIpc) is 2.68. The van der Waals surface area contributed by atoms with Crippen LogP contribution in [-0.4, -0.2) is 36.4 Å². The zero-order valence-electron chi connectivity index (χ0n) is 18.1. The summed E-state index contributed by atoms with van der Waals surface area (Å²) in [6.45, 7) is 3.09. The molecule has 0 amide bonds. The SMILES string of the molecule is CCCCCCCC/C=C\CCCCCCCC(=O)O[C@H](CO)COC(C)=O. The molecule has 1 atom stereocenters. The van der Waals surface area contributed by atoms with Gasteiger partial charge >= 0.3 is 11.9 Å². The molecule has 0 radical (unpaired) electrons. The van der Waals surface area contributed by atoms with Crippen molar-refractivity contribution >= 4 is 11.9 Å². The lowest BCUT2D eigenvalue weighted by Gasteiger charge is -2.15. The molecule has 5 nitrogen and oxygen atoms in total. The van der Waals surface area contributed by atoms with E-state index in [-0.39, 0.29) is 19.2 Å². The normalized spacial score (nSPS) is 12.2. The molecule has 0 saturated heterocycles. The molecule has 0 heterocycles. The molecule has 0 aromatic carbocycles. The van der Waals surface area contributed by atoms with Crippen molar-refractivity contribution in [2.24, 2.45) is 0 Å². The summed E-state index contributed by atoms with van der Waals surface area (Å²) in [5, 5.41) is 9.12. The van der Waals surface area contributed by atoms with Gasteiger partial charge in [-0.2, -0.15) is 0 Å². The quantitative estimate of drug-likeness (QED) is 0.177. The van der Waals surface area contributed by atoms with Gasteiger partial charge in [0.2, 0.25) is 0 Å². The van der Waals surface area contributed by atoms with Crippen molar-refractivity contribution in [1.82, 2.24) is 0 Å². The minimum absolute atomic E-state index is 0.0933. The summed E-state index contributed by atoms with van der Waals surface area (Å²) in [6.07, 6.45) is 20.0. The van der Waals surface area contributed by atoms with Gasteiger partial charge in [-0.15, -0.1) is 0 Å². The van der Waals surface area contributed by atoms with Crippen LogP contribution in [0.5, 0.6) is 0 Å². The number of aliphatic hydroxyl groups excluding tert-OH is 1. The van der Waals surface area contributed by atoms with Gasteiger partial charge in [-0.1, -0.05) is 70.4 Å². The van der Waals surface area contributed by atoms with Gasteiger partial charge in [0.15, 0.2) is 6.10 Å². The minimum atomic E-state index is -0.764. The largest absolute Gasteiger partial charge is 0.462 e. The number of unbranched alkanes of at least 4 members (excludes halogenated alkanes) is 11. The summed E-state index contributed by atoms with van der Waals surface area (Å²) >= 11 is 0. The Morgan fingerprint density at radius 1 is 0.857 bits per heavy atom. The van der Waals surface area contributed by atoms with Crippen LogP contribution >= 0.6 is 0 Å². The molecule has 0 spiro atoms. The Balaban J connectivity index is 3.43. The highest BCUT2D eigenvalue weighted by atomic mass is 16.6. The number of allylic oxidation sites excluding steroid dienone is 2. The van der Waals surface area contributed by atoms with Gasteiger partial charge in [-0.05, 0) is 32.1 Å². The molecule has 0 bridgehead atoms. The molecule has 0 aromatic heterocycles. The second-order valence-electron chi connectivity index (χ2n) is 7.43. The van der Waals surface area contributed by atoms with E-state index >= 15 is 0 Å². The number of carbonyl (C=O) groups is 2. The zero-order chi connectivity index (χ0) is 20.9. The topological polar surface area (TPSA) is 72.8 Å². The Morgan fingerprint density at radius 3 is 1.93 bits per heavy atom. The van der Waals surface area contributed by atoms with Crippen LogP contribution in [0.2, 0.25) is 0 Å². The zero-order valence-corrected chi connectivity index (χ0v) is 18.1. The van der Waals surface area contributed by atoms with Crippen molar-refractivity contribution in [1.29, 1.82) is 0 Å². The lowest BCUT2D eigenvalue weighted by molar-refractivity contribution is -0.160. The highest BCUT2D eigenvalue weighted by molar-refractivity contribution is 5.69. The third-order valence-electron chi connectivity index (χ3n) is 4.62. The van der Waals surface area contributed by atoms with Crippen LogP contribution in [0, 0.1) is 0 Å². The van der Waals surface area contributed by atoms with Gasteiger partial charge in [-0.3, -0.25) is 9.59 Å². The van der Waals surface area contributed by atoms with Crippen molar-refractivity contribution < 1.29 is 24.2 Å². The highest BCUT2D eigenvalue weighted by Gasteiger charge is 2.14. The molecule has 1 N–H and O–H groups in total. The number of hydrogen-bond acceptors (Lipinski definition) is 5. The number of aliphatic hydroxyl groups is 1. The third kappa shape index (κ3) is 19.4. The monoisotopic (exact) mass is 398 g/mol. The molecule has 0 aromatic rings. The molecule has 0 aliphatic rings. The number of ether oxygens (including phenoxy) is 2. The van der Waals surface area contributed by atoms with E-state index in [4.69, 9.17) is 14.6 Å². The number of rotatable bonds is 19. The number of hydrogen-bond donors (Lipinski definition) is 1. The van der Waals surface area contributed by atoms with E-state index in [1.54, 1.807) is 0 Å². The third-order valence-corrected chi connectivity index (χ3v) is 4.62. The summed E-state index contributed by atoms with van der Waals surface area (Å²) in [5.74, 6) is -0.796. The fourth-order valence-electron chi connectivity index (χ4n) is 2.92. The number of esters is 2. The standard InChI is InChI=1S/C23H42O5/c1-3-4-5-6-7-8-9-10-11-12-13-14-15-16-17-18-23(26)28-22(19-24)20-27-21(2)25/h10-11,22,24H,3-9,12-20H2,1-2H3/b11-10-/t22-/m1/s1. The van der Waals surface area contributed by atoms with Crippen LogP contribution in [-0.2, 0) is 19.1 Å². The van der Waals surface area contributed by atoms with Crippen LogP contribution in [0.4, 0.5) is 0 Å². The molecular formula is C23H42O5. The lowest BCUT2D eigenvalue weighted by atomic mass is 10.1. The van der Waals surface area contributed by atoms with E-state index in [0.29, 0.717) is 6.42 Å². The lowest BCUT2D eigenvalue weighted by Crippen LogP contribution is -2.28. The van der Waals surface area contributed by atoms with Crippen molar-refractivity contribution in [3.8, 4) is 0 Å². The van der Waals surface area contributed by atoms with Gasteiger partial charge in [0, 0.05) is 13.3 Å². The molecule has 0 rings (SSSR count). The molecule has 0 aliphatic carbocycles. The summed E-state index contributed by atoms with van der Waals surface area (Å²) in [4.78, 5) is 22.4. The molecule has 28 heavy (non-hydrogen) atoms. The predicted molar refractivity (Wildman–Crippen MR) is 113 cm³/mol.